The number of hydrogen-bond donors (Lipinski definition) is 0. The highest BCUT2D eigenvalue weighted by molar-refractivity contribution is 6.35. The summed E-state index contributed by atoms with van der Waals surface area (Å²) in [7, 11) is 5.72. The Morgan fingerprint density at radius 3 is 2.82 bits per heavy atom. The van der Waals surface area contributed by atoms with Crippen LogP contribution in [0.1, 0.15) is 22.3 Å². The van der Waals surface area contributed by atoms with Gasteiger partial charge in [-0.25, -0.2) is 0 Å². The van der Waals surface area contributed by atoms with Crippen molar-refractivity contribution < 1.29 is 4.79 Å². The maximum absolute atomic E-state index is 10.9. The van der Waals surface area contributed by atoms with Crippen LogP contribution in [-0.4, -0.2) is 14.1 Å². The minimum atomic E-state index is 0.534. The van der Waals surface area contributed by atoms with Gasteiger partial charge in [0.2, 0.25) is 0 Å². The van der Waals surface area contributed by atoms with Gasteiger partial charge in [-0.05, 0) is 23.6 Å². The molecule has 0 heterocycles. The van der Waals surface area contributed by atoms with Crippen LogP contribution >= 0.6 is 0 Å². The second-order valence-corrected chi connectivity index (χ2v) is 4.53. The maximum Gasteiger partial charge on any atom is 0.149 e. The van der Waals surface area contributed by atoms with Crippen molar-refractivity contribution in [1.82, 2.24) is 0 Å². The summed E-state index contributed by atoms with van der Waals surface area (Å²) in [4.78, 5) is 10.9. The lowest BCUT2D eigenvalue weighted by Crippen LogP contribution is -2.09. The molecule has 0 fully saturated rings. The van der Waals surface area contributed by atoms with E-state index in [0.29, 0.717) is 16.9 Å². The number of allylic oxidation sites excluding steroid dienone is 6. The molecule has 2 heteroatoms. The van der Waals surface area contributed by atoms with Crippen LogP contribution in [-0.2, 0) is 0 Å². The van der Waals surface area contributed by atoms with Crippen LogP contribution in [0.2, 0.25) is 0 Å². The van der Waals surface area contributed by atoms with Gasteiger partial charge in [0, 0.05) is 11.5 Å². The van der Waals surface area contributed by atoms with Crippen molar-refractivity contribution in [1.29, 1.82) is 0 Å². The Morgan fingerprint density at radius 2 is 2.06 bits per heavy atom. The molecule has 1 unspecified atom stereocenters. The zero-order valence-corrected chi connectivity index (χ0v) is 9.39. The largest absolute Gasteiger partial charge is 0.298 e. The first-order valence-corrected chi connectivity index (χ1v) is 5.72. The lowest BCUT2D eigenvalue weighted by molar-refractivity contribution is 0.112. The smallest absolute Gasteiger partial charge is 0.149 e. The monoisotopic (exact) mass is 218 g/mol. The van der Waals surface area contributed by atoms with E-state index in [1.807, 2.05) is 12.1 Å². The van der Waals surface area contributed by atoms with Gasteiger partial charge in [-0.2, -0.15) is 0 Å². The van der Waals surface area contributed by atoms with Crippen LogP contribution in [0.15, 0.2) is 48.1 Å². The molecule has 0 saturated heterocycles. The summed E-state index contributed by atoms with van der Waals surface area (Å²) in [5, 5.41) is 0. The predicted octanol–water partition coefficient (Wildman–Crippen LogP) is 2.19. The van der Waals surface area contributed by atoms with E-state index >= 15 is 0 Å². The van der Waals surface area contributed by atoms with Crippen LogP contribution in [0, 0.1) is 5.92 Å². The van der Waals surface area contributed by atoms with Gasteiger partial charge in [0.05, 0.1) is 0 Å². The Hall–Kier alpha value is -1.83. The van der Waals surface area contributed by atoms with E-state index in [-0.39, 0.29) is 0 Å². The molecular weight excluding hydrogens is 207 g/mol. The summed E-state index contributed by atoms with van der Waals surface area (Å²) in [5.41, 5.74) is 4.71. The molecule has 0 aromatic heterocycles. The van der Waals surface area contributed by atoms with Crippen LogP contribution in [0.5, 0.6) is 0 Å². The zero-order chi connectivity index (χ0) is 11.8. The number of aldehydes is 1. The Bertz CT molecular complexity index is 579. The number of fused-ring (bicyclic) bond motifs is 1. The average molecular weight is 218 g/mol. The second kappa shape index (κ2) is 3.88. The quantitative estimate of drug-likeness (QED) is 0.549. The van der Waals surface area contributed by atoms with Crippen LogP contribution < -0.4 is 5.46 Å². The molecule has 1 nitrogen and oxygen atoms in total. The first-order chi connectivity index (χ1) is 8.26. The molecular formula is C15H11BO. The van der Waals surface area contributed by atoms with Crippen molar-refractivity contribution in [3.05, 3.63) is 59.2 Å². The fourth-order valence-electron chi connectivity index (χ4n) is 2.28. The molecule has 2 radical (unpaired) electrons. The van der Waals surface area contributed by atoms with Crippen molar-refractivity contribution in [3.8, 4) is 0 Å². The maximum atomic E-state index is 10.9. The fourth-order valence-corrected chi connectivity index (χ4v) is 2.28. The van der Waals surface area contributed by atoms with E-state index in [9.17, 15) is 4.79 Å². The van der Waals surface area contributed by atoms with Gasteiger partial charge < -0.3 is 0 Å². The van der Waals surface area contributed by atoms with Crippen molar-refractivity contribution in [2.45, 2.75) is 6.42 Å². The van der Waals surface area contributed by atoms with E-state index in [4.69, 9.17) is 7.85 Å². The molecule has 0 N–H and O–H groups in total. The topological polar surface area (TPSA) is 17.1 Å². The summed E-state index contributed by atoms with van der Waals surface area (Å²) in [6.07, 6.45) is 10.7. The zero-order valence-electron chi connectivity index (χ0n) is 9.39. The number of hydrogen-bond acceptors (Lipinski definition) is 1. The number of carbonyl (C=O) groups excluding carboxylic acids is 1. The number of benzene rings is 1. The third kappa shape index (κ3) is 1.80. The van der Waals surface area contributed by atoms with Crippen LogP contribution in [0.3, 0.4) is 0 Å². The van der Waals surface area contributed by atoms with E-state index < -0.39 is 0 Å². The normalized spacial score (nSPS) is 21.1. The molecule has 0 saturated carbocycles. The molecule has 17 heavy (non-hydrogen) atoms. The third-order valence-electron chi connectivity index (χ3n) is 3.32. The number of rotatable bonds is 2. The molecule has 4 rings (SSSR count). The Balaban J connectivity index is 2.02. The summed E-state index contributed by atoms with van der Waals surface area (Å²) >= 11 is 0. The minimum Gasteiger partial charge on any atom is -0.298 e. The SMILES string of the molecule is [B]c1ccc(C2=CC3C=C(C=C2)C3)cc1C=O. The summed E-state index contributed by atoms with van der Waals surface area (Å²) < 4.78 is 0. The third-order valence-corrected chi connectivity index (χ3v) is 3.32. The molecule has 1 aromatic rings. The molecule has 0 amide bonds. The van der Waals surface area contributed by atoms with Crippen molar-refractivity contribution in [3.63, 3.8) is 0 Å². The van der Waals surface area contributed by atoms with Gasteiger partial charge in [0.1, 0.15) is 14.1 Å². The fraction of sp³-hybridized carbons (Fsp3) is 0.133. The van der Waals surface area contributed by atoms with E-state index in [0.717, 1.165) is 18.3 Å². The van der Waals surface area contributed by atoms with Gasteiger partial charge >= 0.3 is 0 Å². The van der Waals surface area contributed by atoms with E-state index in [1.54, 1.807) is 6.07 Å². The standard InChI is InChI=1S/C15H11BO/c16-15-4-3-13(8-14(15)9-17)12-2-1-10-5-11(6-10)7-12/h1-5,7-9,11H,6H2. The lowest BCUT2D eigenvalue weighted by Gasteiger charge is -2.18. The van der Waals surface area contributed by atoms with Gasteiger partial charge in [0.15, 0.2) is 0 Å². The van der Waals surface area contributed by atoms with E-state index in [2.05, 4.69) is 24.3 Å². The molecule has 3 aliphatic carbocycles. The van der Waals surface area contributed by atoms with Gasteiger partial charge in [0.25, 0.3) is 0 Å². The number of carbonyl (C=O) groups is 1. The Labute approximate surface area is 102 Å². The highest BCUT2D eigenvalue weighted by atomic mass is 16.1. The molecule has 1 aromatic carbocycles. The summed E-state index contributed by atoms with van der Waals surface area (Å²) in [5.74, 6) is 0.548. The molecule has 1 atom stereocenters. The van der Waals surface area contributed by atoms with Crippen molar-refractivity contribution in [2.75, 3.05) is 0 Å². The molecule has 2 bridgehead atoms. The summed E-state index contributed by atoms with van der Waals surface area (Å²) in [6.45, 7) is 0. The first-order valence-electron chi connectivity index (χ1n) is 5.72. The molecule has 0 aliphatic heterocycles. The first kappa shape index (κ1) is 10.3. The van der Waals surface area contributed by atoms with Crippen molar-refractivity contribution in [2.24, 2.45) is 5.92 Å². The summed E-state index contributed by atoms with van der Waals surface area (Å²) in [6, 6.07) is 5.61. The lowest BCUT2D eigenvalue weighted by atomic mass is 9.86. The predicted molar refractivity (Wildman–Crippen MR) is 70.5 cm³/mol. The highest BCUT2D eigenvalue weighted by Crippen LogP contribution is 2.34. The molecule has 80 valence electrons. The highest BCUT2D eigenvalue weighted by Gasteiger charge is 2.18. The van der Waals surface area contributed by atoms with Crippen LogP contribution in [0.25, 0.3) is 5.57 Å². The Morgan fingerprint density at radius 1 is 1.24 bits per heavy atom. The van der Waals surface area contributed by atoms with Crippen LogP contribution in [0.4, 0.5) is 0 Å². The average Bonchev–Trinajstić information content (AvgIpc) is 2.62. The Kier molecular flexibility index (Phi) is 2.36. The van der Waals surface area contributed by atoms with Gasteiger partial charge in [-0.1, -0.05) is 47.5 Å². The van der Waals surface area contributed by atoms with Gasteiger partial charge in [-0.3, -0.25) is 4.79 Å². The minimum absolute atomic E-state index is 0.534. The van der Waals surface area contributed by atoms with E-state index in [1.165, 1.54) is 11.1 Å². The van der Waals surface area contributed by atoms with Crippen molar-refractivity contribution >= 4 is 25.2 Å². The molecule has 3 aliphatic rings. The van der Waals surface area contributed by atoms with Gasteiger partial charge in [-0.15, -0.1) is 0 Å². The molecule has 0 spiro atoms. The second-order valence-electron chi connectivity index (χ2n) is 4.53.